The van der Waals surface area contributed by atoms with Crippen LogP contribution >= 0.6 is 0 Å². The first kappa shape index (κ1) is 15.1. The Labute approximate surface area is 121 Å². The number of carboxylic acid groups (broad SMARTS) is 1. The van der Waals surface area contributed by atoms with Crippen molar-refractivity contribution in [3.8, 4) is 11.5 Å². The number of aliphatic hydroxyl groups excluding tert-OH is 1. The Morgan fingerprint density at radius 3 is 2.48 bits per heavy atom. The summed E-state index contributed by atoms with van der Waals surface area (Å²) in [6.07, 6.45) is -0.764. The van der Waals surface area contributed by atoms with Crippen LogP contribution in [0.15, 0.2) is 24.3 Å². The highest BCUT2D eigenvalue weighted by Gasteiger charge is 2.38. The van der Waals surface area contributed by atoms with Gasteiger partial charge in [-0.3, -0.25) is 4.79 Å². The van der Waals surface area contributed by atoms with Crippen molar-refractivity contribution < 1.29 is 29.3 Å². The molecule has 1 aliphatic rings. The number of likely N-dealkylation sites (tertiary alicyclic amines) is 1. The number of rotatable bonds is 5. The maximum absolute atomic E-state index is 12.0. The summed E-state index contributed by atoms with van der Waals surface area (Å²) in [5.74, 6) is -0.433. The third kappa shape index (κ3) is 3.63. The highest BCUT2D eigenvalue weighted by Crippen LogP contribution is 2.20. The second kappa shape index (κ2) is 6.45. The molecule has 1 aliphatic heterocycles. The van der Waals surface area contributed by atoms with Gasteiger partial charge in [0.15, 0.2) is 6.61 Å². The van der Waals surface area contributed by atoms with Crippen LogP contribution < -0.4 is 9.47 Å². The molecule has 0 spiro atoms. The third-order valence-electron chi connectivity index (χ3n) is 3.31. The largest absolute Gasteiger partial charge is 0.497 e. The fourth-order valence-electron chi connectivity index (χ4n) is 2.22. The molecule has 1 aromatic rings. The molecule has 0 aliphatic carbocycles. The van der Waals surface area contributed by atoms with Gasteiger partial charge in [0, 0.05) is 13.0 Å². The van der Waals surface area contributed by atoms with Gasteiger partial charge in [-0.15, -0.1) is 0 Å². The van der Waals surface area contributed by atoms with Gasteiger partial charge < -0.3 is 24.6 Å². The molecule has 0 unspecified atom stereocenters. The van der Waals surface area contributed by atoms with Crippen molar-refractivity contribution in [3.05, 3.63) is 24.3 Å². The smallest absolute Gasteiger partial charge is 0.326 e. The van der Waals surface area contributed by atoms with E-state index in [-0.39, 0.29) is 19.6 Å². The quantitative estimate of drug-likeness (QED) is 0.801. The number of β-amino-alcohol motifs (C(OH)–C–C–N with tert-alkyl or cyclic N) is 1. The van der Waals surface area contributed by atoms with E-state index in [0.717, 1.165) is 4.90 Å². The van der Waals surface area contributed by atoms with Gasteiger partial charge in [0.25, 0.3) is 5.91 Å². The lowest BCUT2D eigenvalue weighted by atomic mass is 10.2. The molecular weight excluding hydrogens is 278 g/mol. The molecule has 1 aromatic carbocycles. The van der Waals surface area contributed by atoms with Gasteiger partial charge in [-0.1, -0.05) is 0 Å². The lowest BCUT2D eigenvalue weighted by molar-refractivity contribution is -0.148. The lowest BCUT2D eigenvalue weighted by Crippen LogP contribution is -2.42. The predicted molar refractivity (Wildman–Crippen MR) is 72.2 cm³/mol. The van der Waals surface area contributed by atoms with Gasteiger partial charge in [-0.2, -0.15) is 0 Å². The zero-order valence-electron chi connectivity index (χ0n) is 11.6. The summed E-state index contributed by atoms with van der Waals surface area (Å²) in [7, 11) is 1.55. The summed E-state index contributed by atoms with van der Waals surface area (Å²) in [5, 5.41) is 18.5. The first-order valence-electron chi connectivity index (χ1n) is 6.48. The van der Waals surface area contributed by atoms with Crippen LogP contribution in [0.3, 0.4) is 0 Å². The minimum Gasteiger partial charge on any atom is -0.497 e. The molecule has 0 radical (unpaired) electrons. The van der Waals surface area contributed by atoms with Gasteiger partial charge in [0.1, 0.15) is 17.5 Å². The Hall–Kier alpha value is -2.28. The topological polar surface area (TPSA) is 96.3 Å². The van der Waals surface area contributed by atoms with Crippen LogP contribution in [0.1, 0.15) is 6.42 Å². The molecule has 1 fully saturated rings. The van der Waals surface area contributed by atoms with E-state index in [2.05, 4.69) is 0 Å². The standard InChI is InChI=1S/C14H17NO6/c1-20-10-2-4-11(5-3-10)21-8-13(17)15-7-9(16)6-12(15)14(18)19/h2-5,9,12,16H,6-8H2,1H3,(H,18,19)/t9-,12-/m1/s1. The number of hydrogen-bond acceptors (Lipinski definition) is 5. The molecule has 21 heavy (non-hydrogen) atoms. The average Bonchev–Trinajstić information content (AvgIpc) is 2.87. The van der Waals surface area contributed by atoms with Crippen molar-refractivity contribution in [2.24, 2.45) is 0 Å². The Bertz CT molecular complexity index is 515. The van der Waals surface area contributed by atoms with Gasteiger partial charge in [0.05, 0.1) is 13.2 Å². The molecule has 7 heteroatoms. The van der Waals surface area contributed by atoms with E-state index < -0.39 is 24.0 Å². The van der Waals surface area contributed by atoms with E-state index in [1.54, 1.807) is 31.4 Å². The van der Waals surface area contributed by atoms with Gasteiger partial charge in [0.2, 0.25) is 0 Å². The number of benzene rings is 1. The number of amides is 1. The molecule has 114 valence electrons. The maximum atomic E-state index is 12.0. The Morgan fingerprint density at radius 2 is 1.90 bits per heavy atom. The van der Waals surface area contributed by atoms with Gasteiger partial charge >= 0.3 is 5.97 Å². The van der Waals surface area contributed by atoms with E-state index in [0.29, 0.717) is 11.5 Å². The summed E-state index contributed by atoms with van der Waals surface area (Å²) < 4.78 is 10.3. The number of aliphatic carboxylic acids is 1. The minimum absolute atomic E-state index is 0.0156. The summed E-state index contributed by atoms with van der Waals surface area (Å²) in [4.78, 5) is 24.2. The number of hydrogen-bond donors (Lipinski definition) is 2. The van der Waals surface area contributed by atoms with Crippen molar-refractivity contribution >= 4 is 11.9 Å². The fourth-order valence-corrected chi connectivity index (χ4v) is 2.22. The summed E-state index contributed by atoms with van der Waals surface area (Å²) in [5.41, 5.74) is 0. The van der Waals surface area contributed by atoms with Crippen LogP contribution in [0, 0.1) is 0 Å². The zero-order chi connectivity index (χ0) is 15.4. The number of carbonyl (C=O) groups excluding carboxylic acids is 1. The SMILES string of the molecule is COc1ccc(OCC(=O)N2C[C@H](O)C[C@@H]2C(=O)O)cc1. The molecule has 2 rings (SSSR count). The van der Waals surface area contributed by atoms with Crippen LogP contribution in [0.25, 0.3) is 0 Å². The molecule has 1 saturated heterocycles. The van der Waals surface area contributed by atoms with Gasteiger partial charge in [-0.05, 0) is 24.3 Å². The van der Waals surface area contributed by atoms with Crippen LogP contribution in [-0.2, 0) is 9.59 Å². The first-order valence-corrected chi connectivity index (χ1v) is 6.48. The van der Waals surface area contributed by atoms with E-state index in [4.69, 9.17) is 14.6 Å². The monoisotopic (exact) mass is 295 g/mol. The Balaban J connectivity index is 1.92. The second-order valence-electron chi connectivity index (χ2n) is 4.75. The van der Waals surface area contributed by atoms with Crippen molar-refractivity contribution in [2.45, 2.75) is 18.6 Å². The molecular formula is C14H17NO6. The van der Waals surface area contributed by atoms with Crippen LogP contribution in [0.2, 0.25) is 0 Å². The maximum Gasteiger partial charge on any atom is 0.326 e. The average molecular weight is 295 g/mol. The van der Waals surface area contributed by atoms with Gasteiger partial charge in [-0.25, -0.2) is 4.79 Å². The minimum atomic E-state index is -1.12. The molecule has 0 saturated carbocycles. The summed E-state index contributed by atoms with van der Waals surface area (Å²) >= 11 is 0. The summed E-state index contributed by atoms with van der Waals surface area (Å²) in [6.45, 7) is -0.259. The first-order chi connectivity index (χ1) is 10.0. The zero-order valence-corrected chi connectivity index (χ0v) is 11.6. The Kier molecular flexibility index (Phi) is 4.64. The van der Waals surface area contributed by atoms with E-state index >= 15 is 0 Å². The van der Waals surface area contributed by atoms with Crippen molar-refractivity contribution in [2.75, 3.05) is 20.3 Å². The second-order valence-corrected chi connectivity index (χ2v) is 4.75. The molecule has 7 nitrogen and oxygen atoms in total. The number of methoxy groups -OCH3 is 1. The lowest BCUT2D eigenvalue weighted by Gasteiger charge is -2.21. The molecule has 2 N–H and O–H groups in total. The van der Waals surface area contributed by atoms with Crippen molar-refractivity contribution in [1.29, 1.82) is 0 Å². The number of aliphatic hydroxyl groups is 1. The molecule has 0 bridgehead atoms. The van der Waals surface area contributed by atoms with Crippen molar-refractivity contribution in [3.63, 3.8) is 0 Å². The fraction of sp³-hybridized carbons (Fsp3) is 0.429. The predicted octanol–water partition coefficient (Wildman–Crippen LogP) is 0.120. The third-order valence-corrected chi connectivity index (χ3v) is 3.31. The van der Waals surface area contributed by atoms with E-state index in [1.807, 2.05) is 0 Å². The normalized spacial score (nSPS) is 21.1. The molecule has 0 aromatic heterocycles. The van der Waals surface area contributed by atoms with Crippen LogP contribution in [0.4, 0.5) is 0 Å². The highest BCUT2D eigenvalue weighted by atomic mass is 16.5. The van der Waals surface area contributed by atoms with Crippen LogP contribution in [0.5, 0.6) is 11.5 Å². The number of ether oxygens (including phenoxy) is 2. The molecule has 1 amide bonds. The summed E-state index contributed by atoms with van der Waals surface area (Å²) in [6, 6.07) is 5.70. The van der Waals surface area contributed by atoms with Crippen LogP contribution in [-0.4, -0.2) is 59.4 Å². The highest BCUT2D eigenvalue weighted by molar-refractivity contribution is 5.85. The molecule has 2 atom stereocenters. The van der Waals surface area contributed by atoms with E-state index in [1.165, 1.54) is 0 Å². The number of carboxylic acids is 1. The molecule has 1 heterocycles. The number of nitrogens with zero attached hydrogens (tertiary/aromatic N) is 1. The van der Waals surface area contributed by atoms with E-state index in [9.17, 15) is 14.7 Å². The van der Waals surface area contributed by atoms with Crippen molar-refractivity contribution in [1.82, 2.24) is 4.90 Å². The Morgan fingerprint density at radius 1 is 1.29 bits per heavy atom. The number of carbonyl (C=O) groups is 2.